The lowest BCUT2D eigenvalue weighted by molar-refractivity contribution is 0.415. The first-order chi connectivity index (χ1) is 6.77. The molecule has 0 unspecified atom stereocenters. The van der Waals surface area contributed by atoms with Crippen LogP contribution in [-0.4, -0.2) is 13.7 Å². The van der Waals surface area contributed by atoms with Gasteiger partial charge in [0.25, 0.3) is 0 Å². The summed E-state index contributed by atoms with van der Waals surface area (Å²) < 4.78 is 6.29. The van der Waals surface area contributed by atoms with Gasteiger partial charge in [-0.05, 0) is 34.7 Å². The monoisotopic (exact) mass is 323 g/mol. The van der Waals surface area contributed by atoms with Crippen LogP contribution in [0.3, 0.4) is 0 Å². The average molecular weight is 324 g/mol. The standard InChI is InChI=1S/C10H11ClINO/c1-14-8-3-4-9(12)10(7-8)13-6-2-5-11/h2-5,7,13H,6H2,1H3/b5-2+. The number of methoxy groups -OCH3 is 1. The third-order valence-electron chi connectivity index (χ3n) is 1.67. The fourth-order valence-electron chi connectivity index (χ4n) is 0.980. The quantitative estimate of drug-likeness (QED) is 0.857. The van der Waals surface area contributed by atoms with Gasteiger partial charge in [-0.2, -0.15) is 0 Å². The van der Waals surface area contributed by atoms with E-state index in [0.29, 0.717) is 6.54 Å². The Balaban J connectivity index is 2.73. The van der Waals surface area contributed by atoms with E-state index in [0.717, 1.165) is 15.0 Å². The number of anilines is 1. The van der Waals surface area contributed by atoms with Gasteiger partial charge in [-0.15, -0.1) is 0 Å². The van der Waals surface area contributed by atoms with E-state index in [1.807, 2.05) is 24.3 Å². The van der Waals surface area contributed by atoms with Crippen molar-refractivity contribution in [1.82, 2.24) is 0 Å². The second-order valence-corrected chi connectivity index (χ2v) is 4.00. The van der Waals surface area contributed by atoms with Gasteiger partial charge in [0.1, 0.15) is 5.75 Å². The van der Waals surface area contributed by atoms with Gasteiger partial charge in [0.05, 0.1) is 12.8 Å². The first kappa shape index (κ1) is 11.7. The number of benzene rings is 1. The van der Waals surface area contributed by atoms with Gasteiger partial charge in [0.2, 0.25) is 0 Å². The van der Waals surface area contributed by atoms with Crippen LogP contribution in [0.25, 0.3) is 0 Å². The van der Waals surface area contributed by atoms with Crippen molar-refractivity contribution in [3.05, 3.63) is 33.4 Å². The van der Waals surface area contributed by atoms with Crippen LogP contribution < -0.4 is 10.1 Å². The predicted molar refractivity (Wildman–Crippen MR) is 69.2 cm³/mol. The van der Waals surface area contributed by atoms with Gasteiger partial charge in [0.15, 0.2) is 0 Å². The van der Waals surface area contributed by atoms with Crippen molar-refractivity contribution in [3.8, 4) is 5.75 Å². The van der Waals surface area contributed by atoms with Crippen molar-refractivity contribution >= 4 is 39.9 Å². The SMILES string of the molecule is COc1ccc(I)c(NC/C=C/Cl)c1. The third kappa shape index (κ3) is 3.38. The summed E-state index contributed by atoms with van der Waals surface area (Å²) in [5.74, 6) is 0.850. The first-order valence-corrected chi connectivity index (χ1v) is 5.62. The number of hydrogen-bond acceptors (Lipinski definition) is 2. The van der Waals surface area contributed by atoms with Crippen molar-refractivity contribution in [2.75, 3.05) is 19.0 Å². The predicted octanol–water partition coefficient (Wildman–Crippen LogP) is 3.46. The summed E-state index contributed by atoms with van der Waals surface area (Å²) in [4.78, 5) is 0. The second kappa shape index (κ2) is 6.14. The molecule has 4 heteroatoms. The molecule has 0 aliphatic heterocycles. The fourth-order valence-corrected chi connectivity index (χ4v) is 1.60. The second-order valence-electron chi connectivity index (χ2n) is 2.59. The molecule has 0 saturated heterocycles. The van der Waals surface area contributed by atoms with E-state index in [2.05, 4.69) is 27.9 Å². The lowest BCUT2D eigenvalue weighted by Gasteiger charge is -2.08. The Morgan fingerprint density at radius 1 is 1.57 bits per heavy atom. The van der Waals surface area contributed by atoms with Crippen LogP contribution in [0.4, 0.5) is 5.69 Å². The maximum absolute atomic E-state index is 5.42. The molecule has 1 rings (SSSR count). The molecule has 0 aliphatic rings. The summed E-state index contributed by atoms with van der Waals surface area (Å²) in [5.41, 5.74) is 2.56. The lowest BCUT2D eigenvalue weighted by Crippen LogP contribution is -2.00. The topological polar surface area (TPSA) is 21.3 Å². The van der Waals surface area contributed by atoms with Crippen LogP contribution >= 0.6 is 34.2 Å². The minimum absolute atomic E-state index is 0.715. The largest absolute Gasteiger partial charge is 0.497 e. The number of halogens is 2. The molecule has 1 aromatic rings. The lowest BCUT2D eigenvalue weighted by atomic mass is 10.3. The summed E-state index contributed by atoms with van der Waals surface area (Å²) in [6, 6.07) is 5.90. The van der Waals surface area contributed by atoms with Crippen LogP contribution in [0.5, 0.6) is 5.75 Å². The molecular weight excluding hydrogens is 312 g/mol. The van der Waals surface area contributed by atoms with E-state index in [9.17, 15) is 0 Å². The molecule has 0 aliphatic carbocycles. The van der Waals surface area contributed by atoms with Crippen molar-refractivity contribution in [3.63, 3.8) is 0 Å². The van der Waals surface area contributed by atoms with Gasteiger partial charge in [0, 0.05) is 21.7 Å². The zero-order chi connectivity index (χ0) is 10.4. The van der Waals surface area contributed by atoms with E-state index >= 15 is 0 Å². The smallest absolute Gasteiger partial charge is 0.120 e. The summed E-state index contributed by atoms with van der Waals surface area (Å²) in [5, 5.41) is 3.23. The average Bonchev–Trinajstić information content (AvgIpc) is 2.21. The van der Waals surface area contributed by atoms with E-state index in [4.69, 9.17) is 16.3 Å². The maximum atomic E-state index is 5.42. The molecule has 0 fully saturated rings. The van der Waals surface area contributed by atoms with Crippen LogP contribution in [0.15, 0.2) is 29.8 Å². The van der Waals surface area contributed by atoms with Gasteiger partial charge in [-0.1, -0.05) is 17.7 Å². The van der Waals surface area contributed by atoms with Crippen molar-refractivity contribution < 1.29 is 4.74 Å². The summed E-state index contributed by atoms with van der Waals surface area (Å²) in [6.07, 6.45) is 1.84. The minimum Gasteiger partial charge on any atom is -0.497 e. The number of rotatable bonds is 4. The molecule has 1 N–H and O–H groups in total. The summed E-state index contributed by atoms with van der Waals surface area (Å²) in [6.45, 7) is 0.715. The molecule has 0 bridgehead atoms. The molecule has 0 saturated carbocycles. The molecule has 0 aromatic heterocycles. The Morgan fingerprint density at radius 3 is 3.00 bits per heavy atom. The van der Waals surface area contributed by atoms with Crippen molar-refractivity contribution in [2.45, 2.75) is 0 Å². The Kier molecular flexibility index (Phi) is 5.11. The van der Waals surface area contributed by atoms with Crippen molar-refractivity contribution in [2.24, 2.45) is 0 Å². The van der Waals surface area contributed by atoms with Gasteiger partial charge in [-0.3, -0.25) is 0 Å². The molecule has 2 nitrogen and oxygen atoms in total. The molecule has 76 valence electrons. The summed E-state index contributed by atoms with van der Waals surface area (Å²) >= 11 is 7.69. The molecule has 0 heterocycles. The zero-order valence-electron chi connectivity index (χ0n) is 7.76. The summed E-state index contributed by atoms with van der Waals surface area (Å²) in [7, 11) is 1.66. The molecule has 14 heavy (non-hydrogen) atoms. The van der Waals surface area contributed by atoms with Gasteiger partial charge < -0.3 is 10.1 Å². The Bertz CT molecular complexity index is 328. The van der Waals surface area contributed by atoms with E-state index in [1.165, 1.54) is 5.54 Å². The molecule has 0 atom stereocenters. The van der Waals surface area contributed by atoms with Crippen LogP contribution in [0, 0.1) is 3.57 Å². The highest BCUT2D eigenvalue weighted by molar-refractivity contribution is 14.1. The third-order valence-corrected chi connectivity index (χ3v) is 2.79. The highest BCUT2D eigenvalue weighted by Gasteiger charge is 1.99. The first-order valence-electron chi connectivity index (χ1n) is 4.10. The number of nitrogens with one attached hydrogen (secondary N) is 1. The Morgan fingerprint density at radius 2 is 2.36 bits per heavy atom. The molecule has 0 spiro atoms. The Hall–Kier alpha value is -0.420. The molecule has 0 amide bonds. The highest BCUT2D eigenvalue weighted by Crippen LogP contribution is 2.23. The fraction of sp³-hybridized carbons (Fsp3) is 0.200. The van der Waals surface area contributed by atoms with Crippen LogP contribution in [0.1, 0.15) is 0 Å². The van der Waals surface area contributed by atoms with Crippen LogP contribution in [0.2, 0.25) is 0 Å². The normalized spacial score (nSPS) is 10.5. The highest BCUT2D eigenvalue weighted by atomic mass is 127. The van der Waals surface area contributed by atoms with Gasteiger partial charge >= 0.3 is 0 Å². The maximum Gasteiger partial charge on any atom is 0.120 e. The number of ether oxygens (including phenoxy) is 1. The Labute approximate surface area is 102 Å². The molecule has 0 radical (unpaired) electrons. The van der Waals surface area contributed by atoms with E-state index < -0.39 is 0 Å². The van der Waals surface area contributed by atoms with Crippen LogP contribution in [-0.2, 0) is 0 Å². The van der Waals surface area contributed by atoms with Crippen molar-refractivity contribution in [1.29, 1.82) is 0 Å². The number of hydrogen-bond donors (Lipinski definition) is 1. The zero-order valence-corrected chi connectivity index (χ0v) is 10.7. The molecular formula is C10H11ClINO. The van der Waals surface area contributed by atoms with E-state index in [1.54, 1.807) is 7.11 Å². The minimum atomic E-state index is 0.715. The van der Waals surface area contributed by atoms with E-state index in [-0.39, 0.29) is 0 Å². The van der Waals surface area contributed by atoms with Gasteiger partial charge in [-0.25, -0.2) is 0 Å². The molecule has 1 aromatic carbocycles.